The summed E-state index contributed by atoms with van der Waals surface area (Å²) < 4.78 is 10.4. The first-order chi connectivity index (χ1) is 12.6. The number of hydrogen-bond donors (Lipinski definition) is 1. The van der Waals surface area contributed by atoms with E-state index in [0.717, 1.165) is 0 Å². The average Bonchev–Trinajstić information content (AvgIpc) is 2.66. The fourth-order valence-electron chi connectivity index (χ4n) is 2.31. The first-order valence-electron chi connectivity index (χ1n) is 7.53. The van der Waals surface area contributed by atoms with Gasteiger partial charge in [-0.3, -0.25) is 14.9 Å². The van der Waals surface area contributed by atoms with E-state index in [1.807, 2.05) is 6.07 Å². The van der Waals surface area contributed by atoms with Crippen molar-refractivity contribution in [3.8, 4) is 11.6 Å². The van der Waals surface area contributed by atoms with Crippen LogP contribution in [0.3, 0.4) is 0 Å². The molecule has 3 aromatic rings. The Hall–Kier alpha value is -3.75. The second-order valence-electron chi connectivity index (χ2n) is 5.17. The van der Waals surface area contributed by atoms with Crippen molar-refractivity contribution >= 4 is 28.2 Å². The number of methoxy groups -OCH3 is 1. The van der Waals surface area contributed by atoms with Crippen molar-refractivity contribution in [2.24, 2.45) is 0 Å². The molecule has 0 aliphatic carbocycles. The van der Waals surface area contributed by atoms with E-state index < -0.39 is 10.8 Å². The highest BCUT2D eigenvalue weighted by Gasteiger charge is 2.17. The molecule has 0 unspecified atom stereocenters. The second kappa shape index (κ2) is 7.43. The summed E-state index contributed by atoms with van der Waals surface area (Å²) in [6, 6.07) is 11.3. The molecule has 0 bridgehead atoms. The molecule has 9 nitrogen and oxygen atoms in total. The second-order valence-corrected chi connectivity index (χ2v) is 5.17. The van der Waals surface area contributed by atoms with Crippen LogP contribution in [0.2, 0.25) is 0 Å². The van der Waals surface area contributed by atoms with Crippen molar-refractivity contribution in [1.82, 2.24) is 9.97 Å². The van der Waals surface area contributed by atoms with Gasteiger partial charge in [0.2, 0.25) is 5.88 Å². The highest BCUT2D eigenvalue weighted by atomic mass is 16.6. The first kappa shape index (κ1) is 17.1. The van der Waals surface area contributed by atoms with Crippen molar-refractivity contribution in [2.75, 3.05) is 19.0 Å². The van der Waals surface area contributed by atoms with E-state index >= 15 is 0 Å². The van der Waals surface area contributed by atoms with Crippen molar-refractivity contribution in [1.29, 1.82) is 0 Å². The van der Waals surface area contributed by atoms with Crippen LogP contribution in [0.4, 0.5) is 11.4 Å². The summed E-state index contributed by atoms with van der Waals surface area (Å²) in [7, 11) is 1.40. The summed E-state index contributed by atoms with van der Waals surface area (Å²) in [6.07, 6.45) is 1.34. The Morgan fingerprint density at radius 2 is 2.04 bits per heavy atom. The van der Waals surface area contributed by atoms with E-state index in [4.69, 9.17) is 9.47 Å². The van der Waals surface area contributed by atoms with Gasteiger partial charge < -0.3 is 14.8 Å². The van der Waals surface area contributed by atoms with Crippen LogP contribution in [0.25, 0.3) is 10.9 Å². The minimum atomic E-state index is -0.600. The third kappa shape index (κ3) is 3.66. The maximum absolute atomic E-state index is 12.1. The van der Waals surface area contributed by atoms with Gasteiger partial charge in [-0.05, 0) is 24.3 Å². The van der Waals surface area contributed by atoms with Gasteiger partial charge in [0.1, 0.15) is 17.8 Å². The number of aromatic nitrogens is 2. The molecule has 0 aliphatic heterocycles. The third-order valence-corrected chi connectivity index (χ3v) is 3.52. The first-order valence-corrected chi connectivity index (χ1v) is 7.53. The fourth-order valence-corrected chi connectivity index (χ4v) is 2.31. The van der Waals surface area contributed by atoms with Crippen LogP contribution in [0.5, 0.6) is 11.6 Å². The Labute approximate surface area is 147 Å². The smallest absolute Gasteiger partial charge is 0.296 e. The molecule has 1 heterocycles. The number of fused-ring (bicyclic) bond motifs is 1. The molecule has 0 saturated heterocycles. The van der Waals surface area contributed by atoms with E-state index in [1.165, 1.54) is 31.6 Å². The van der Waals surface area contributed by atoms with E-state index in [1.54, 1.807) is 18.2 Å². The molecule has 0 radical (unpaired) electrons. The van der Waals surface area contributed by atoms with Crippen LogP contribution in [-0.4, -0.2) is 34.5 Å². The van der Waals surface area contributed by atoms with Crippen LogP contribution < -0.4 is 14.8 Å². The lowest BCUT2D eigenvalue weighted by atomic mass is 10.2. The summed E-state index contributed by atoms with van der Waals surface area (Å²) in [5, 5.41) is 14.3. The van der Waals surface area contributed by atoms with Crippen molar-refractivity contribution < 1.29 is 19.2 Å². The molecule has 3 rings (SSSR count). The Morgan fingerprint density at radius 3 is 2.81 bits per heavy atom. The summed E-state index contributed by atoms with van der Waals surface area (Å²) in [5.41, 5.74) is 0.464. The zero-order chi connectivity index (χ0) is 18.5. The number of para-hydroxylation sites is 1. The molecule has 0 spiro atoms. The number of carbonyl (C=O) groups excluding carboxylic acids is 1. The topological polar surface area (TPSA) is 116 Å². The number of carbonyl (C=O) groups is 1. The molecule has 9 heteroatoms. The molecular formula is C17H14N4O5. The van der Waals surface area contributed by atoms with Gasteiger partial charge in [-0.2, -0.15) is 0 Å². The van der Waals surface area contributed by atoms with Crippen LogP contribution in [-0.2, 0) is 4.79 Å². The maximum Gasteiger partial charge on any atom is 0.296 e. The molecule has 1 N–H and O–H groups in total. The standard InChI is InChI=1S/C17H14N4O5/c1-25-11-6-7-14(15(8-11)21(23)24)20-16(22)9-26-17-12-4-2-3-5-13(12)18-10-19-17/h2-8,10H,9H2,1H3,(H,20,22). The fraction of sp³-hybridized carbons (Fsp3) is 0.118. The number of rotatable bonds is 6. The van der Waals surface area contributed by atoms with Crippen molar-refractivity contribution in [3.05, 3.63) is 58.9 Å². The van der Waals surface area contributed by atoms with Gasteiger partial charge in [0.15, 0.2) is 6.61 Å². The van der Waals surface area contributed by atoms with Gasteiger partial charge in [-0.1, -0.05) is 12.1 Å². The lowest BCUT2D eigenvalue weighted by Gasteiger charge is -2.09. The number of nitrogens with one attached hydrogen (secondary N) is 1. The maximum atomic E-state index is 12.1. The number of hydrogen-bond acceptors (Lipinski definition) is 7. The molecule has 1 aromatic heterocycles. The Bertz CT molecular complexity index is 971. The monoisotopic (exact) mass is 354 g/mol. The largest absolute Gasteiger partial charge is 0.496 e. The normalized spacial score (nSPS) is 10.3. The number of benzene rings is 2. The Morgan fingerprint density at radius 1 is 1.23 bits per heavy atom. The SMILES string of the molecule is COc1ccc(NC(=O)COc2ncnc3ccccc23)c([N+](=O)[O-])c1. The zero-order valence-corrected chi connectivity index (χ0v) is 13.7. The van der Waals surface area contributed by atoms with Crippen LogP contribution in [0.1, 0.15) is 0 Å². The van der Waals surface area contributed by atoms with Crippen molar-refractivity contribution in [3.63, 3.8) is 0 Å². The lowest BCUT2D eigenvalue weighted by Crippen LogP contribution is -2.21. The molecule has 132 valence electrons. The Kier molecular flexibility index (Phi) is 4.88. The van der Waals surface area contributed by atoms with E-state index in [-0.39, 0.29) is 23.9 Å². The van der Waals surface area contributed by atoms with Gasteiger partial charge in [-0.15, -0.1) is 0 Å². The third-order valence-electron chi connectivity index (χ3n) is 3.52. The minimum absolute atomic E-state index is 0.0527. The quantitative estimate of drug-likeness (QED) is 0.534. The zero-order valence-electron chi connectivity index (χ0n) is 13.7. The predicted octanol–water partition coefficient (Wildman–Crippen LogP) is 2.56. The summed E-state index contributed by atoms with van der Waals surface area (Å²) >= 11 is 0. The van der Waals surface area contributed by atoms with Gasteiger partial charge in [0, 0.05) is 0 Å². The molecule has 0 aliphatic rings. The number of nitro groups is 1. The predicted molar refractivity (Wildman–Crippen MR) is 93.3 cm³/mol. The van der Waals surface area contributed by atoms with E-state index in [2.05, 4.69) is 15.3 Å². The van der Waals surface area contributed by atoms with Gasteiger partial charge in [0.25, 0.3) is 11.6 Å². The van der Waals surface area contributed by atoms with Crippen LogP contribution in [0.15, 0.2) is 48.8 Å². The molecule has 0 atom stereocenters. The minimum Gasteiger partial charge on any atom is -0.496 e. The number of amides is 1. The molecule has 1 amide bonds. The molecule has 2 aromatic carbocycles. The van der Waals surface area contributed by atoms with Crippen LogP contribution in [0, 0.1) is 10.1 Å². The summed E-state index contributed by atoms with van der Waals surface area (Å²) in [4.78, 5) is 30.8. The highest BCUT2D eigenvalue weighted by molar-refractivity contribution is 5.94. The highest BCUT2D eigenvalue weighted by Crippen LogP contribution is 2.29. The lowest BCUT2D eigenvalue weighted by molar-refractivity contribution is -0.384. The van der Waals surface area contributed by atoms with Gasteiger partial charge >= 0.3 is 0 Å². The molecule has 26 heavy (non-hydrogen) atoms. The molecular weight excluding hydrogens is 340 g/mol. The molecule has 0 fully saturated rings. The van der Waals surface area contributed by atoms with Gasteiger partial charge in [-0.25, -0.2) is 9.97 Å². The number of ether oxygens (including phenoxy) is 2. The van der Waals surface area contributed by atoms with E-state index in [9.17, 15) is 14.9 Å². The van der Waals surface area contributed by atoms with E-state index in [0.29, 0.717) is 16.7 Å². The average molecular weight is 354 g/mol. The molecule has 0 saturated carbocycles. The number of nitrogens with zero attached hydrogens (tertiary/aromatic N) is 3. The summed E-state index contributed by atoms with van der Waals surface area (Å²) in [5.74, 6) is 0.0225. The number of nitro benzene ring substituents is 1. The Balaban J connectivity index is 1.72. The number of anilines is 1. The summed E-state index contributed by atoms with van der Waals surface area (Å²) in [6.45, 7) is -0.357. The van der Waals surface area contributed by atoms with Crippen molar-refractivity contribution in [2.45, 2.75) is 0 Å². The van der Waals surface area contributed by atoms with Crippen LogP contribution >= 0.6 is 0 Å². The van der Waals surface area contributed by atoms with Gasteiger partial charge in [0.05, 0.1) is 29.0 Å².